The standard InChI is InChI=1S/C14H15ClN2O5/c1-14(21-2-3-22-14)6-13(18)17-16-7-9-4-11-12(5-10(9)15)20-8-19-11/h4-5,7H,2-3,6,8H2,1H3,(H,17,18)/b16-7-. The predicted octanol–water partition coefficient (Wildman–Crippen LogP) is 1.67. The van der Waals surface area contributed by atoms with Crippen molar-refractivity contribution < 1.29 is 23.7 Å². The van der Waals surface area contributed by atoms with Gasteiger partial charge in [-0.15, -0.1) is 0 Å². The topological polar surface area (TPSA) is 78.4 Å². The molecule has 1 fully saturated rings. The number of ether oxygens (including phenoxy) is 4. The van der Waals surface area contributed by atoms with Crippen LogP contribution in [-0.4, -0.2) is 37.9 Å². The van der Waals surface area contributed by atoms with Crippen LogP contribution in [0.4, 0.5) is 0 Å². The van der Waals surface area contributed by atoms with E-state index in [-0.39, 0.29) is 19.1 Å². The lowest BCUT2D eigenvalue weighted by molar-refractivity contribution is -0.159. The monoisotopic (exact) mass is 326 g/mol. The summed E-state index contributed by atoms with van der Waals surface area (Å²) in [6.07, 6.45) is 1.51. The van der Waals surface area contributed by atoms with E-state index in [1.807, 2.05) is 0 Å². The van der Waals surface area contributed by atoms with E-state index < -0.39 is 5.79 Å². The predicted molar refractivity (Wildman–Crippen MR) is 78.2 cm³/mol. The van der Waals surface area contributed by atoms with Crippen LogP contribution in [-0.2, 0) is 14.3 Å². The van der Waals surface area contributed by atoms with E-state index in [1.54, 1.807) is 19.1 Å². The molecule has 0 atom stereocenters. The Kier molecular flexibility index (Phi) is 4.19. The van der Waals surface area contributed by atoms with Gasteiger partial charge in [0.05, 0.1) is 30.9 Å². The van der Waals surface area contributed by atoms with Gasteiger partial charge < -0.3 is 18.9 Å². The van der Waals surface area contributed by atoms with Gasteiger partial charge in [-0.05, 0) is 13.0 Å². The van der Waals surface area contributed by atoms with Crippen molar-refractivity contribution in [1.29, 1.82) is 0 Å². The normalized spacial score (nSPS) is 18.8. The SMILES string of the molecule is CC1(CC(=O)N/N=C\c2cc3c(cc2Cl)OCO3)OCCO1. The van der Waals surface area contributed by atoms with E-state index in [0.717, 1.165) is 0 Å². The smallest absolute Gasteiger partial charge is 0.245 e. The number of hydrogen-bond donors (Lipinski definition) is 1. The second kappa shape index (κ2) is 6.12. The van der Waals surface area contributed by atoms with Crippen LogP contribution in [0.2, 0.25) is 5.02 Å². The van der Waals surface area contributed by atoms with Crippen molar-refractivity contribution in [3.63, 3.8) is 0 Å². The fourth-order valence-electron chi connectivity index (χ4n) is 2.20. The molecule has 0 aliphatic carbocycles. The van der Waals surface area contributed by atoms with Gasteiger partial charge in [0.25, 0.3) is 0 Å². The molecule has 118 valence electrons. The quantitative estimate of drug-likeness (QED) is 0.672. The van der Waals surface area contributed by atoms with E-state index in [1.165, 1.54) is 6.21 Å². The van der Waals surface area contributed by atoms with Gasteiger partial charge in [0.2, 0.25) is 12.7 Å². The molecule has 1 amide bonds. The average Bonchev–Trinajstić information content (AvgIpc) is 3.07. The lowest BCUT2D eigenvalue weighted by Gasteiger charge is -2.20. The van der Waals surface area contributed by atoms with Crippen molar-refractivity contribution in [3.05, 3.63) is 22.7 Å². The van der Waals surface area contributed by atoms with Gasteiger partial charge >= 0.3 is 0 Å². The first-order valence-electron chi connectivity index (χ1n) is 6.75. The summed E-state index contributed by atoms with van der Waals surface area (Å²) >= 11 is 6.10. The first-order valence-corrected chi connectivity index (χ1v) is 7.12. The molecular weight excluding hydrogens is 312 g/mol. The number of fused-ring (bicyclic) bond motifs is 1. The summed E-state index contributed by atoms with van der Waals surface area (Å²) in [4.78, 5) is 11.8. The van der Waals surface area contributed by atoms with Gasteiger partial charge in [-0.1, -0.05) is 11.6 Å². The minimum Gasteiger partial charge on any atom is -0.454 e. The third-order valence-corrected chi connectivity index (χ3v) is 3.59. The highest BCUT2D eigenvalue weighted by molar-refractivity contribution is 6.33. The van der Waals surface area contributed by atoms with Crippen LogP contribution >= 0.6 is 11.6 Å². The summed E-state index contributed by atoms with van der Waals surface area (Å²) in [6.45, 7) is 2.86. The molecule has 2 heterocycles. The molecule has 0 radical (unpaired) electrons. The Morgan fingerprint density at radius 2 is 2.05 bits per heavy atom. The highest BCUT2D eigenvalue weighted by Crippen LogP contribution is 2.36. The van der Waals surface area contributed by atoms with Gasteiger partial charge in [0, 0.05) is 11.6 Å². The fraction of sp³-hybridized carbons (Fsp3) is 0.429. The zero-order valence-electron chi connectivity index (χ0n) is 11.9. The molecule has 1 aromatic rings. The average molecular weight is 327 g/mol. The Morgan fingerprint density at radius 3 is 2.77 bits per heavy atom. The Hall–Kier alpha value is -1.83. The van der Waals surface area contributed by atoms with Gasteiger partial charge in [-0.25, -0.2) is 5.43 Å². The van der Waals surface area contributed by atoms with Gasteiger partial charge in [-0.3, -0.25) is 4.79 Å². The van der Waals surface area contributed by atoms with Crippen LogP contribution in [0, 0.1) is 0 Å². The summed E-state index contributed by atoms with van der Waals surface area (Å²) in [5.41, 5.74) is 3.03. The van der Waals surface area contributed by atoms with Gasteiger partial charge in [-0.2, -0.15) is 5.10 Å². The van der Waals surface area contributed by atoms with Crippen molar-refractivity contribution in [2.75, 3.05) is 20.0 Å². The first kappa shape index (κ1) is 15.1. The first-order chi connectivity index (χ1) is 10.6. The lowest BCUT2D eigenvalue weighted by atomic mass is 10.2. The van der Waals surface area contributed by atoms with Crippen molar-refractivity contribution in [1.82, 2.24) is 5.43 Å². The number of carbonyl (C=O) groups is 1. The molecule has 8 heteroatoms. The van der Waals surface area contributed by atoms with E-state index in [0.29, 0.717) is 35.3 Å². The van der Waals surface area contributed by atoms with Crippen LogP contribution in [0.5, 0.6) is 11.5 Å². The minimum absolute atomic E-state index is 0.0687. The maximum Gasteiger partial charge on any atom is 0.245 e. The lowest BCUT2D eigenvalue weighted by Crippen LogP contribution is -2.33. The van der Waals surface area contributed by atoms with Gasteiger partial charge in [0.1, 0.15) is 0 Å². The third-order valence-electron chi connectivity index (χ3n) is 3.26. The van der Waals surface area contributed by atoms with E-state index in [9.17, 15) is 4.79 Å². The molecule has 0 bridgehead atoms. The van der Waals surface area contributed by atoms with Crippen molar-refractivity contribution in [2.45, 2.75) is 19.1 Å². The van der Waals surface area contributed by atoms with Crippen molar-refractivity contribution >= 4 is 23.7 Å². The summed E-state index contributed by atoms with van der Waals surface area (Å²) in [5.74, 6) is 0.000288. The number of benzene rings is 1. The second-order valence-corrected chi connectivity index (χ2v) is 5.43. The van der Waals surface area contributed by atoms with Crippen molar-refractivity contribution in [2.24, 2.45) is 5.10 Å². The molecule has 0 spiro atoms. The Labute approximate surface area is 132 Å². The second-order valence-electron chi connectivity index (χ2n) is 5.03. The number of nitrogens with one attached hydrogen (secondary N) is 1. The minimum atomic E-state index is -0.879. The Morgan fingerprint density at radius 1 is 1.36 bits per heavy atom. The number of amides is 1. The summed E-state index contributed by atoms with van der Waals surface area (Å²) in [6, 6.07) is 3.35. The number of halogens is 1. The fourth-order valence-corrected chi connectivity index (χ4v) is 2.40. The number of carbonyl (C=O) groups excluding carboxylic acids is 1. The molecule has 1 aromatic carbocycles. The third kappa shape index (κ3) is 3.32. The van der Waals surface area contributed by atoms with E-state index in [4.69, 9.17) is 30.5 Å². The molecule has 1 saturated heterocycles. The van der Waals surface area contributed by atoms with E-state index in [2.05, 4.69) is 10.5 Å². The largest absolute Gasteiger partial charge is 0.454 e. The molecule has 0 saturated carbocycles. The Balaban J connectivity index is 1.59. The van der Waals surface area contributed by atoms with Crippen LogP contribution in [0.3, 0.4) is 0 Å². The van der Waals surface area contributed by atoms with Crippen LogP contribution in [0.15, 0.2) is 17.2 Å². The van der Waals surface area contributed by atoms with Crippen LogP contribution in [0.1, 0.15) is 18.9 Å². The van der Waals surface area contributed by atoms with Crippen LogP contribution < -0.4 is 14.9 Å². The number of nitrogens with zero attached hydrogens (tertiary/aromatic N) is 1. The van der Waals surface area contributed by atoms with Gasteiger partial charge in [0.15, 0.2) is 17.3 Å². The summed E-state index contributed by atoms with van der Waals surface area (Å²) in [5, 5.41) is 4.34. The van der Waals surface area contributed by atoms with E-state index >= 15 is 0 Å². The molecule has 0 aromatic heterocycles. The van der Waals surface area contributed by atoms with Crippen molar-refractivity contribution in [3.8, 4) is 11.5 Å². The summed E-state index contributed by atoms with van der Waals surface area (Å²) in [7, 11) is 0. The molecule has 1 N–H and O–H groups in total. The highest BCUT2D eigenvalue weighted by atomic mass is 35.5. The zero-order chi connectivity index (χ0) is 15.6. The summed E-state index contributed by atoms with van der Waals surface area (Å²) < 4.78 is 21.2. The number of hydrogen-bond acceptors (Lipinski definition) is 6. The zero-order valence-corrected chi connectivity index (χ0v) is 12.7. The maximum atomic E-state index is 11.8. The molecule has 22 heavy (non-hydrogen) atoms. The molecule has 2 aliphatic heterocycles. The number of rotatable bonds is 4. The van der Waals surface area contributed by atoms with Crippen LogP contribution in [0.25, 0.3) is 0 Å². The number of hydrazone groups is 1. The molecule has 2 aliphatic rings. The molecular formula is C14H15ClN2O5. The Bertz CT molecular complexity index is 613. The highest BCUT2D eigenvalue weighted by Gasteiger charge is 2.33. The maximum absolute atomic E-state index is 11.8. The molecule has 3 rings (SSSR count). The molecule has 7 nitrogen and oxygen atoms in total. The molecule has 0 unspecified atom stereocenters.